The molecule has 4 N–H and O–H groups in total. The fourth-order valence-electron chi connectivity index (χ4n) is 5.44. The van der Waals surface area contributed by atoms with Gasteiger partial charge in [-0.05, 0) is 73.5 Å². The molecule has 0 spiro atoms. The van der Waals surface area contributed by atoms with Crippen LogP contribution in [0.4, 0.5) is 11.4 Å². The lowest BCUT2D eigenvalue weighted by Crippen LogP contribution is -2.20. The lowest BCUT2D eigenvalue weighted by atomic mass is 10.1. The SMILES string of the molecule is COc1cc(NC(=O)c2cc(=O)c3ccccc3o2)c(C(=O)Nc2ccc(CCNCCc3c[nH]c4ccccc34)cc2)cc1OC. The van der Waals surface area contributed by atoms with Crippen molar-refractivity contribution in [3.05, 3.63) is 130 Å². The van der Waals surface area contributed by atoms with E-state index >= 15 is 0 Å². The van der Waals surface area contributed by atoms with E-state index in [1.807, 2.05) is 30.3 Å². The molecule has 0 aliphatic rings. The highest BCUT2D eigenvalue weighted by Gasteiger charge is 2.21. The molecule has 47 heavy (non-hydrogen) atoms. The highest BCUT2D eigenvalue weighted by atomic mass is 16.5. The summed E-state index contributed by atoms with van der Waals surface area (Å²) in [6, 6.07) is 26.7. The number of anilines is 2. The molecule has 0 atom stereocenters. The van der Waals surface area contributed by atoms with Crippen molar-refractivity contribution in [2.24, 2.45) is 0 Å². The van der Waals surface area contributed by atoms with Crippen LogP contribution in [-0.2, 0) is 12.8 Å². The summed E-state index contributed by atoms with van der Waals surface area (Å²) < 4.78 is 16.5. The quantitative estimate of drug-likeness (QED) is 0.119. The molecule has 0 radical (unpaired) electrons. The largest absolute Gasteiger partial charge is 0.493 e. The van der Waals surface area contributed by atoms with Gasteiger partial charge in [-0.3, -0.25) is 14.4 Å². The molecule has 6 rings (SSSR count). The molecule has 2 aromatic heterocycles. The molecule has 10 nitrogen and oxygen atoms in total. The molecule has 0 saturated heterocycles. The van der Waals surface area contributed by atoms with Gasteiger partial charge in [0, 0.05) is 34.9 Å². The number of ether oxygens (including phenoxy) is 2. The number of hydrogen-bond acceptors (Lipinski definition) is 7. The number of nitrogens with one attached hydrogen (secondary N) is 4. The monoisotopic (exact) mass is 630 g/mol. The van der Waals surface area contributed by atoms with Gasteiger partial charge in [0.2, 0.25) is 0 Å². The van der Waals surface area contributed by atoms with Gasteiger partial charge in [0.15, 0.2) is 22.7 Å². The lowest BCUT2D eigenvalue weighted by molar-refractivity contribution is 0.0997. The van der Waals surface area contributed by atoms with E-state index in [-0.39, 0.29) is 28.0 Å². The van der Waals surface area contributed by atoms with Crippen LogP contribution in [0.3, 0.4) is 0 Å². The maximum Gasteiger partial charge on any atom is 0.291 e. The van der Waals surface area contributed by atoms with E-state index in [1.54, 1.807) is 24.3 Å². The van der Waals surface area contributed by atoms with E-state index in [2.05, 4.69) is 45.3 Å². The van der Waals surface area contributed by atoms with Crippen molar-refractivity contribution in [1.82, 2.24) is 10.3 Å². The minimum Gasteiger partial charge on any atom is -0.493 e. The third kappa shape index (κ3) is 7.03. The molecule has 4 aromatic carbocycles. The Bertz CT molecular complexity index is 2120. The van der Waals surface area contributed by atoms with E-state index in [0.29, 0.717) is 22.6 Å². The Kier molecular flexibility index (Phi) is 9.31. The summed E-state index contributed by atoms with van der Waals surface area (Å²) in [5.41, 5.74) is 4.35. The lowest BCUT2D eigenvalue weighted by Gasteiger charge is -2.16. The Hall–Kier alpha value is -5.87. The van der Waals surface area contributed by atoms with Crippen molar-refractivity contribution in [1.29, 1.82) is 0 Å². The summed E-state index contributed by atoms with van der Waals surface area (Å²) in [5, 5.41) is 10.7. The fraction of sp³-hybridized carbons (Fsp3) is 0.162. The minimum absolute atomic E-state index is 0.127. The summed E-state index contributed by atoms with van der Waals surface area (Å²) in [7, 11) is 2.91. The Morgan fingerprint density at radius 2 is 1.47 bits per heavy atom. The zero-order valence-electron chi connectivity index (χ0n) is 26.0. The topological polar surface area (TPSA) is 135 Å². The Balaban J connectivity index is 1.10. The van der Waals surface area contributed by atoms with Gasteiger partial charge in [-0.1, -0.05) is 42.5 Å². The second-order valence-corrected chi connectivity index (χ2v) is 10.9. The summed E-state index contributed by atoms with van der Waals surface area (Å²) in [5.74, 6) is -0.765. The van der Waals surface area contributed by atoms with Crippen LogP contribution in [0.2, 0.25) is 0 Å². The smallest absolute Gasteiger partial charge is 0.291 e. The number of aromatic amines is 1. The third-order valence-corrected chi connectivity index (χ3v) is 7.92. The summed E-state index contributed by atoms with van der Waals surface area (Å²) in [4.78, 5) is 42.6. The summed E-state index contributed by atoms with van der Waals surface area (Å²) in [6.07, 6.45) is 3.84. The molecular formula is C37H34N4O6. The Morgan fingerprint density at radius 3 is 2.26 bits per heavy atom. The maximum atomic E-state index is 13.5. The molecule has 0 unspecified atom stereocenters. The molecule has 238 valence electrons. The Labute approximate surface area is 270 Å². The first-order valence-corrected chi connectivity index (χ1v) is 15.2. The van der Waals surface area contributed by atoms with Crippen LogP contribution in [0.15, 0.2) is 106 Å². The van der Waals surface area contributed by atoms with E-state index in [1.165, 1.54) is 37.3 Å². The van der Waals surface area contributed by atoms with Gasteiger partial charge in [-0.15, -0.1) is 0 Å². The summed E-state index contributed by atoms with van der Waals surface area (Å²) >= 11 is 0. The van der Waals surface area contributed by atoms with Crippen molar-refractivity contribution in [2.45, 2.75) is 12.8 Å². The Morgan fingerprint density at radius 1 is 0.766 bits per heavy atom. The van der Waals surface area contributed by atoms with Crippen LogP contribution in [0.1, 0.15) is 32.0 Å². The van der Waals surface area contributed by atoms with Crippen LogP contribution in [0.25, 0.3) is 21.9 Å². The number of carbonyl (C=O) groups is 2. The number of hydrogen-bond donors (Lipinski definition) is 4. The van der Waals surface area contributed by atoms with Gasteiger partial charge in [-0.2, -0.15) is 0 Å². The normalized spacial score (nSPS) is 11.0. The van der Waals surface area contributed by atoms with Gasteiger partial charge in [-0.25, -0.2) is 0 Å². The van der Waals surface area contributed by atoms with Crippen molar-refractivity contribution >= 4 is 45.1 Å². The molecule has 2 heterocycles. The summed E-state index contributed by atoms with van der Waals surface area (Å²) in [6.45, 7) is 1.69. The van der Waals surface area contributed by atoms with E-state index in [9.17, 15) is 14.4 Å². The molecule has 10 heteroatoms. The first kappa shape index (κ1) is 31.1. The molecule has 0 fully saturated rings. The molecule has 0 bridgehead atoms. The minimum atomic E-state index is -0.700. The van der Waals surface area contributed by atoms with Crippen molar-refractivity contribution < 1.29 is 23.5 Å². The number of aromatic nitrogens is 1. The zero-order valence-corrected chi connectivity index (χ0v) is 26.0. The number of carbonyl (C=O) groups excluding carboxylic acids is 2. The number of H-pyrrole nitrogens is 1. The molecule has 0 aliphatic heterocycles. The molecule has 2 amide bonds. The molecule has 0 saturated carbocycles. The second-order valence-electron chi connectivity index (χ2n) is 10.9. The highest BCUT2D eigenvalue weighted by molar-refractivity contribution is 6.12. The highest BCUT2D eigenvalue weighted by Crippen LogP contribution is 2.34. The molecular weight excluding hydrogens is 596 g/mol. The standard InChI is InChI=1S/C37H34N4O6/c1-45-33-19-28(30(20-34(33)46-2)41-37(44)35-21-31(42)27-8-4-6-10-32(27)47-35)36(43)40-25-13-11-23(12-14-25)15-17-38-18-16-24-22-39-29-9-5-3-7-26(24)29/h3-14,19-22,38-39H,15-18H2,1-2H3,(H,40,43)(H,41,44). The van der Waals surface area contributed by atoms with Crippen molar-refractivity contribution in [3.8, 4) is 11.5 Å². The van der Waals surface area contributed by atoms with Crippen LogP contribution in [0.5, 0.6) is 11.5 Å². The fourth-order valence-corrected chi connectivity index (χ4v) is 5.44. The first-order chi connectivity index (χ1) is 22.9. The predicted molar refractivity (Wildman–Crippen MR) is 183 cm³/mol. The number of para-hydroxylation sites is 2. The maximum absolute atomic E-state index is 13.5. The van der Waals surface area contributed by atoms with E-state index in [4.69, 9.17) is 13.9 Å². The number of methoxy groups -OCH3 is 2. The van der Waals surface area contributed by atoms with E-state index < -0.39 is 11.8 Å². The van der Waals surface area contributed by atoms with Gasteiger partial charge in [0.1, 0.15) is 5.58 Å². The average molecular weight is 631 g/mol. The number of fused-ring (bicyclic) bond motifs is 2. The van der Waals surface area contributed by atoms with Gasteiger partial charge < -0.3 is 34.8 Å². The van der Waals surface area contributed by atoms with Crippen LogP contribution in [-0.4, -0.2) is 44.1 Å². The number of amides is 2. The van der Waals surface area contributed by atoms with Crippen LogP contribution in [0, 0.1) is 0 Å². The van der Waals surface area contributed by atoms with Gasteiger partial charge in [0.05, 0.1) is 30.9 Å². The first-order valence-electron chi connectivity index (χ1n) is 15.2. The van der Waals surface area contributed by atoms with Crippen molar-refractivity contribution in [2.75, 3.05) is 37.9 Å². The van der Waals surface area contributed by atoms with Gasteiger partial charge >= 0.3 is 0 Å². The second kappa shape index (κ2) is 14.1. The number of rotatable bonds is 12. The van der Waals surface area contributed by atoms with Crippen LogP contribution >= 0.6 is 0 Å². The van der Waals surface area contributed by atoms with Gasteiger partial charge in [0.25, 0.3) is 11.8 Å². The predicted octanol–water partition coefficient (Wildman–Crippen LogP) is 6.17. The molecule has 6 aromatic rings. The zero-order chi connectivity index (χ0) is 32.8. The van der Waals surface area contributed by atoms with Crippen molar-refractivity contribution in [3.63, 3.8) is 0 Å². The van der Waals surface area contributed by atoms with Crippen LogP contribution < -0.4 is 30.9 Å². The van der Waals surface area contributed by atoms with E-state index in [0.717, 1.165) is 43.1 Å². The average Bonchev–Trinajstić information content (AvgIpc) is 3.51. The molecule has 0 aliphatic carbocycles. The number of benzene rings is 4. The third-order valence-electron chi connectivity index (χ3n) is 7.92.